The number of nitrogens with one attached hydrogen (secondary N) is 2. The molecule has 186 valence electrons. The van der Waals surface area contributed by atoms with Crippen LogP contribution in [0.1, 0.15) is 0 Å². The first kappa shape index (κ1) is 27.1. The molecule has 4 aromatic carbocycles. The van der Waals surface area contributed by atoms with Crippen molar-refractivity contribution in [3.63, 3.8) is 0 Å². The molecule has 2 N–H and O–H groups in total. The van der Waals surface area contributed by atoms with Crippen molar-refractivity contribution in [2.75, 3.05) is 0 Å². The maximum absolute atomic E-state index is 5.02. The van der Waals surface area contributed by atoms with Crippen LogP contribution in [0.5, 0.6) is 0 Å². The summed E-state index contributed by atoms with van der Waals surface area (Å²) in [7, 11) is 0. The maximum atomic E-state index is 5.02. The maximum Gasteiger partial charge on any atom is 1.00 e. The number of benzene rings is 4. The van der Waals surface area contributed by atoms with E-state index in [9.17, 15) is 0 Å². The Morgan fingerprint density at radius 1 is 0.310 bits per heavy atom. The van der Waals surface area contributed by atoms with E-state index in [1.807, 2.05) is 97.1 Å². The molecule has 0 radical (unpaired) electrons. The summed E-state index contributed by atoms with van der Waals surface area (Å²) in [4.78, 5) is 36.8. The van der Waals surface area contributed by atoms with E-state index in [2.05, 4.69) is 9.97 Å². The number of hydrogen-bond donors (Lipinski definition) is 2. The normalized spacial score (nSPS) is 11.4. The van der Waals surface area contributed by atoms with Gasteiger partial charge in [-0.25, -0.2) is 29.9 Å². The van der Waals surface area contributed by atoms with Crippen LogP contribution in [0, 0.1) is 0 Å². The molecule has 0 amide bonds. The number of rotatable bonds is 0. The monoisotopic (exact) mass is 560 g/mol. The predicted octanol–water partition coefficient (Wildman–Crippen LogP) is 0.877. The van der Waals surface area contributed by atoms with Crippen LogP contribution in [0.15, 0.2) is 97.1 Å². The van der Waals surface area contributed by atoms with Crippen molar-refractivity contribution in [1.82, 2.24) is 39.9 Å². The van der Waals surface area contributed by atoms with Crippen molar-refractivity contribution in [2.45, 2.75) is 0 Å². The summed E-state index contributed by atoms with van der Waals surface area (Å²) < 4.78 is 0. The third-order valence-corrected chi connectivity index (χ3v) is 7.46. The molecular formula is C32H18N8Na2+2. The summed E-state index contributed by atoms with van der Waals surface area (Å²) >= 11 is 0. The van der Waals surface area contributed by atoms with Gasteiger partial charge in [0.25, 0.3) is 0 Å². The van der Waals surface area contributed by atoms with Gasteiger partial charge in [-0.2, -0.15) is 0 Å². The van der Waals surface area contributed by atoms with Gasteiger partial charge >= 0.3 is 59.1 Å². The van der Waals surface area contributed by atoms with Gasteiger partial charge in [0.1, 0.15) is 22.6 Å². The zero-order valence-corrected chi connectivity index (χ0v) is 26.9. The Kier molecular flexibility index (Phi) is 6.78. The topological polar surface area (TPSA) is 109 Å². The molecular weight excluding hydrogens is 542 g/mol. The Labute approximate surface area is 283 Å². The van der Waals surface area contributed by atoms with Crippen LogP contribution in [0.2, 0.25) is 0 Å². The van der Waals surface area contributed by atoms with Crippen molar-refractivity contribution in [1.29, 1.82) is 0 Å². The van der Waals surface area contributed by atoms with Crippen LogP contribution in [-0.2, 0) is 0 Å². The average molecular weight is 561 g/mol. The van der Waals surface area contributed by atoms with Gasteiger partial charge in [-0.1, -0.05) is 97.1 Å². The van der Waals surface area contributed by atoms with E-state index in [0.717, 1.165) is 43.8 Å². The van der Waals surface area contributed by atoms with Crippen LogP contribution in [0.4, 0.5) is 0 Å². The molecule has 8 nitrogen and oxygen atoms in total. The Hall–Kier alpha value is -3.76. The van der Waals surface area contributed by atoms with E-state index in [0.29, 0.717) is 45.9 Å². The zero-order valence-electron chi connectivity index (χ0n) is 22.9. The van der Waals surface area contributed by atoms with Gasteiger partial charge < -0.3 is 9.97 Å². The largest absolute Gasteiger partial charge is 1.00 e. The first-order valence-electron chi connectivity index (χ1n) is 13.0. The second-order valence-electron chi connectivity index (χ2n) is 9.79. The second kappa shape index (κ2) is 10.5. The van der Waals surface area contributed by atoms with Gasteiger partial charge in [-0.3, -0.25) is 0 Å². The molecule has 0 saturated heterocycles. The molecule has 2 aliphatic heterocycles. The van der Waals surface area contributed by atoms with E-state index < -0.39 is 0 Å². The smallest absolute Gasteiger partial charge is 0.324 e. The molecule has 2 aliphatic rings. The summed E-state index contributed by atoms with van der Waals surface area (Å²) in [6.45, 7) is 0. The number of nitrogens with zero attached hydrogens (tertiary/aromatic N) is 6. The number of aromatic amines is 2. The van der Waals surface area contributed by atoms with Crippen molar-refractivity contribution >= 4 is 44.1 Å². The molecule has 0 aliphatic carbocycles. The van der Waals surface area contributed by atoms with Crippen LogP contribution in [-0.4, -0.2) is 39.9 Å². The molecule has 3 aromatic heterocycles. The van der Waals surface area contributed by atoms with Crippen molar-refractivity contribution in [3.8, 4) is 45.6 Å². The van der Waals surface area contributed by atoms with Crippen LogP contribution in [0.3, 0.4) is 0 Å². The van der Waals surface area contributed by atoms with E-state index >= 15 is 0 Å². The molecule has 0 saturated carbocycles. The Balaban J connectivity index is 0.00000144. The van der Waals surface area contributed by atoms with Gasteiger partial charge in [0, 0.05) is 43.8 Å². The molecule has 7 aromatic rings. The summed E-state index contributed by atoms with van der Waals surface area (Å²) in [5, 5.41) is 3.82. The molecule has 10 heteroatoms. The van der Waals surface area contributed by atoms with Crippen molar-refractivity contribution in [2.24, 2.45) is 0 Å². The molecule has 42 heavy (non-hydrogen) atoms. The van der Waals surface area contributed by atoms with E-state index in [-0.39, 0.29) is 59.1 Å². The number of aromatic nitrogens is 8. The Morgan fingerprint density at radius 2 is 0.548 bits per heavy atom. The van der Waals surface area contributed by atoms with Crippen LogP contribution < -0.4 is 59.1 Å². The third-order valence-electron chi connectivity index (χ3n) is 7.46. The fraction of sp³-hybridized carbons (Fsp3) is 0. The van der Waals surface area contributed by atoms with E-state index in [4.69, 9.17) is 29.9 Å². The average Bonchev–Trinajstić information content (AvgIpc) is 3.73. The molecule has 0 atom stereocenters. The van der Waals surface area contributed by atoms with Crippen molar-refractivity contribution in [3.05, 3.63) is 97.1 Å². The molecule has 8 bridgehead atoms. The fourth-order valence-corrected chi connectivity index (χ4v) is 5.59. The summed E-state index contributed by atoms with van der Waals surface area (Å²) in [5.74, 6) is 2.39. The molecule has 0 spiro atoms. The molecule has 5 heterocycles. The fourth-order valence-electron chi connectivity index (χ4n) is 5.59. The summed E-state index contributed by atoms with van der Waals surface area (Å²) in [5.41, 5.74) is 6.45. The minimum Gasteiger partial charge on any atom is -0.324 e. The first-order valence-corrected chi connectivity index (χ1v) is 13.0. The number of fused-ring (bicyclic) bond motifs is 20. The van der Waals surface area contributed by atoms with E-state index in [1.165, 1.54) is 0 Å². The molecule has 0 unspecified atom stereocenters. The SMILES string of the molecule is [Na+].[Na+].c1ccc2c(c1)-c1nc-2nc2[nH]c(nc3nc(nc4[nH]c(n1)c1ccccc41)-c1ccccc1-3)c1ccccc21. The minimum atomic E-state index is 0. The summed E-state index contributed by atoms with van der Waals surface area (Å²) in [6, 6.07) is 32.2. The molecule has 9 rings (SSSR count). The number of hydrogen-bond acceptors (Lipinski definition) is 6. The van der Waals surface area contributed by atoms with Crippen LogP contribution in [0.25, 0.3) is 89.7 Å². The van der Waals surface area contributed by atoms with Gasteiger partial charge in [-0.05, 0) is 0 Å². The second-order valence-corrected chi connectivity index (χ2v) is 9.79. The molecule has 0 fully saturated rings. The standard InChI is InChI=1S/C32H18N8.2Na/c1-2-10-18-17(9-1)25-33-26(18)38-28-21-13-5-6-14-22(21)30(35-28)40-32-24-16-8-7-15-23(24)31(36-32)39-29-20-12-4-3-11-19(20)27(34-29)37-25;;/h1-16H,(H2,33,34,35,36,37,38,39,40);;/q;2*+1. The van der Waals surface area contributed by atoms with Crippen LogP contribution >= 0.6 is 0 Å². The number of H-pyrrole nitrogens is 2. The third kappa shape index (κ3) is 4.14. The predicted molar refractivity (Wildman–Crippen MR) is 156 cm³/mol. The zero-order chi connectivity index (χ0) is 26.2. The summed E-state index contributed by atoms with van der Waals surface area (Å²) in [6.07, 6.45) is 0. The van der Waals surface area contributed by atoms with E-state index in [1.54, 1.807) is 0 Å². The Morgan fingerprint density at radius 3 is 0.810 bits per heavy atom. The van der Waals surface area contributed by atoms with Gasteiger partial charge in [0.15, 0.2) is 23.3 Å². The van der Waals surface area contributed by atoms with Gasteiger partial charge in [-0.15, -0.1) is 0 Å². The van der Waals surface area contributed by atoms with Gasteiger partial charge in [0.05, 0.1) is 0 Å². The van der Waals surface area contributed by atoms with Gasteiger partial charge in [0.2, 0.25) is 0 Å². The quantitative estimate of drug-likeness (QED) is 0.267. The Bertz CT molecular complexity index is 2040. The van der Waals surface area contributed by atoms with Crippen molar-refractivity contribution < 1.29 is 59.1 Å². The minimum absolute atomic E-state index is 0. The first-order chi connectivity index (χ1) is 19.8.